The lowest BCUT2D eigenvalue weighted by Gasteiger charge is -2.23. The van der Waals surface area contributed by atoms with Crippen LogP contribution in [0.15, 0.2) is 84.9 Å². The monoisotopic (exact) mass is 326 g/mol. The minimum atomic E-state index is 0.464. The summed E-state index contributed by atoms with van der Waals surface area (Å²) in [7, 11) is 0. The molecular weight excluding hydrogens is 304 g/mol. The highest BCUT2D eigenvalue weighted by Gasteiger charge is 2.09. The van der Waals surface area contributed by atoms with E-state index in [4.69, 9.17) is 5.26 Å². The van der Waals surface area contributed by atoms with Crippen molar-refractivity contribution >= 4 is 0 Å². The first-order valence-corrected chi connectivity index (χ1v) is 8.58. The maximum absolute atomic E-state index is 8.92. The molecule has 0 aromatic heterocycles. The van der Waals surface area contributed by atoms with E-state index in [-0.39, 0.29) is 0 Å². The third kappa shape index (κ3) is 5.31. The second-order valence-corrected chi connectivity index (χ2v) is 6.27. The van der Waals surface area contributed by atoms with Gasteiger partial charge in [-0.3, -0.25) is 4.90 Å². The quantitative estimate of drug-likeness (QED) is 0.614. The molecule has 0 fully saturated rings. The normalized spacial score (nSPS) is 10.6. The summed E-state index contributed by atoms with van der Waals surface area (Å²) in [4.78, 5) is 2.44. The molecule has 0 bridgehead atoms. The van der Waals surface area contributed by atoms with Crippen LogP contribution in [0.4, 0.5) is 0 Å². The summed E-state index contributed by atoms with van der Waals surface area (Å²) in [5.41, 5.74) is 4.96. The highest BCUT2D eigenvalue weighted by Crippen LogP contribution is 2.15. The molecule has 0 saturated carbocycles. The van der Waals surface area contributed by atoms with Crippen LogP contribution in [0, 0.1) is 11.3 Å². The van der Waals surface area contributed by atoms with E-state index in [0.717, 1.165) is 25.2 Å². The topological polar surface area (TPSA) is 27.0 Å². The molecule has 0 amide bonds. The van der Waals surface area contributed by atoms with Gasteiger partial charge in [-0.1, -0.05) is 84.9 Å². The Bertz CT molecular complexity index is 778. The molecule has 0 atom stereocenters. The molecule has 124 valence electrons. The molecule has 0 aliphatic heterocycles. The standard InChI is InChI=1S/C23H22N2/c24-15-14-20-12-7-13-23(16-20)19-25(17-21-8-3-1-4-9-21)18-22-10-5-2-6-11-22/h1-13,16H,14,17-19H2. The molecular formula is C23H22N2. The van der Waals surface area contributed by atoms with Gasteiger partial charge in [0.2, 0.25) is 0 Å². The van der Waals surface area contributed by atoms with Crippen LogP contribution in [0.25, 0.3) is 0 Å². The van der Waals surface area contributed by atoms with Crippen LogP contribution in [-0.4, -0.2) is 4.90 Å². The van der Waals surface area contributed by atoms with Crippen molar-refractivity contribution in [1.82, 2.24) is 4.90 Å². The third-order valence-corrected chi connectivity index (χ3v) is 4.18. The summed E-state index contributed by atoms with van der Waals surface area (Å²) in [6.07, 6.45) is 0.464. The SMILES string of the molecule is N#CCc1cccc(CN(Cc2ccccc2)Cc2ccccc2)c1. The highest BCUT2D eigenvalue weighted by atomic mass is 15.1. The Kier molecular flexibility index (Phi) is 5.98. The zero-order chi connectivity index (χ0) is 17.3. The van der Waals surface area contributed by atoms with Crippen LogP contribution in [0.1, 0.15) is 22.3 Å². The number of benzene rings is 3. The van der Waals surface area contributed by atoms with Gasteiger partial charge in [0.25, 0.3) is 0 Å². The second-order valence-electron chi connectivity index (χ2n) is 6.27. The molecule has 2 heteroatoms. The molecule has 25 heavy (non-hydrogen) atoms. The molecule has 3 rings (SSSR count). The number of nitriles is 1. The van der Waals surface area contributed by atoms with Gasteiger partial charge in [-0.15, -0.1) is 0 Å². The van der Waals surface area contributed by atoms with Crippen molar-refractivity contribution in [3.05, 3.63) is 107 Å². The molecule has 0 aliphatic rings. The fraction of sp³-hybridized carbons (Fsp3) is 0.174. The average Bonchev–Trinajstić information content (AvgIpc) is 2.64. The van der Waals surface area contributed by atoms with E-state index in [1.54, 1.807) is 0 Å². The van der Waals surface area contributed by atoms with Crippen molar-refractivity contribution in [3.8, 4) is 6.07 Å². The number of nitrogens with zero attached hydrogens (tertiary/aromatic N) is 2. The van der Waals surface area contributed by atoms with Crippen molar-refractivity contribution in [2.45, 2.75) is 26.1 Å². The Hall–Kier alpha value is -2.89. The van der Waals surface area contributed by atoms with E-state index in [9.17, 15) is 0 Å². The summed E-state index contributed by atoms with van der Waals surface area (Å²) in [6.45, 7) is 2.67. The molecule has 3 aromatic rings. The van der Waals surface area contributed by atoms with Gasteiger partial charge in [0.1, 0.15) is 0 Å². The molecule has 0 aliphatic carbocycles. The first kappa shape index (κ1) is 17.0. The lowest BCUT2D eigenvalue weighted by molar-refractivity contribution is 0.247. The molecule has 0 heterocycles. The first-order chi connectivity index (χ1) is 12.3. The van der Waals surface area contributed by atoms with E-state index in [0.29, 0.717) is 6.42 Å². The van der Waals surface area contributed by atoms with Gasteiger partial charge >= 0.3 is 0 Å². The second kappa shape index (κ2) is 8.82. The molecule has 2 nitrogen and oxygen atoms in total. The Balaban J connectivity index is 1.78. The summed E-state index contributed by atoms with van der Waals surface area (Å²) in [6, 6.07) is 31.7. The van der Waals surface area contributed by atoms with Gasteiger partial charge in [0, 0.05) is 19.6 Å². The summed E-state index contributed by atoms with van der Waals surface area (Å²) in [5.74, 6) is 0. The van der Waals surface area contributed by atoms with Gasteiger partial charge in [0.05, 0.1) is 12.5 Å². The van der Waals surface area contributed by atoms with Gasteiger partial charge < -0.3 is 0 Å². The minimum Gasteiger partial charge on any atom is -0.291 e. The lowest BCUT2D eigenvalue weighted by Crippen LogP contribution is -2.22. The fourth-order valence-corrected chi connectivity index (χ4v) is 3.04. The molecule has 3 aromatic carbocycles. The molecule has 0 unspecified atom stereocenters. The van der Waals surface area contributed by atoms with Crippen molar-refractivity contribution in [2.24, 2.45) is 0 Å². The Morgan fingerprint density at radius 2 is 1.08 bits per heavy atom. The molecule has 0 radical (unpaired) electrons. The highest BCUT2D eigenvalue weighted by molar-refractivity contribution is 5.26. The summed E-state index contributed by atoms with van der Waals surface area (Å²) in [5, 5.41) is 8.92. The minimum absolute atomic E-state index is 0.464. The van der Waals surface area contributed by atoms with Crippen molar-refractivity contribution in [2.75, 3.05) is 0 Å². The van der Waals surface area contributed by atoms with Crippen LogP contribution in [0.2, 0.25) is 0 Å². The van der Waals surface area contributed by atoms with E-state index >= 15 is 0 Å². The molecule has 0 spiro atoms. The van der Waals surface area contributed by atoms with Crippen LogP contribution in [0.5, 0.6) is 0 Å². The van der Waals surface area contributed by atoms with Gasteiger partial charge in [-0.05, 0) is 22.3 Å². The predicted octanol–water partition coefficient (Wildman–Crippen LogP) is 4.96. The van der Waals surface area contributed by atoms with Gasteiger partial charge in [-0.25, -0.2) is 0 Å². The maximum atomic E-state index is 8.92. The summed E-state index contributed by atoms with van der Waals surface area (Å²) < 4.78 is 0. The van der Waals surface area contributed by atoms with Crippen LogP contribution < -0.4 is 0 Å². The third-order valence-electron chi connectivity index (χ3n) is 4.18. The molecule has 0 saturated heterocycles. The van der Waals surface area contributed by atoms with Crippen LogP contribution >= 0.6 is 0 Å². The van der Waals surface area contributed by atoms with E-state index in [1.807, 2.05) is 12.1 Å². The number of rotatable bonds is 7. The zero-order valence-corrected chi connectivity index (χ0v) is 14.3. The smallest absolute Gasteiger partial charge is 0.0669 e. The van der Waals surface area contributed by atoms with Gasteiger partial charge in [-0.2, -0.15) is 5.26 Å². The van der Waals surface area contributed by atoms with Crippen LogP contribution in [0.3, 0.4) is 0 Å². The number of hydrogen-bond donors (Lipinski definition) is 0. The largest absolute Gasteiger partial charge is 0.291 e. The number of hydrogen-bond acceptors (Lipinski definition) is 2. The lowest BCUT2D eigenvalue weighted by atomic mass is 10.1. The average molecular weight is 326 g/mol. The van der Waals surface area contributed by atoms with Crippen molar-refractivity contribution in [3.63, 3.8) is 0 Å². The molecule has 0 N–H and O–H groups in total. The predicted molar refractivity (Wildman–Crippen MR) is 102 cm³/mol. The summed E-state index contributed by atoms with van der Waals surface area (Å²) >= 11 is 0. The Morgan fingerprint density at radius 1 is 0.600 bits per heavy atom. The van der Waals surface area contributed by atoms with E-state index in [2.05, 4.69) is 83.8 Å². The first-order valence-electron chi connectivity index (χ1n) is 8.58. The van der Waals surface area contributed by atoms with E-state index < -0.39 is 0 Å². The van der Waals surface area contributed by atoms with E-state index in [1.165, 1.54) is 16.7 Å². The van der Waals surface area contributed by atoms with Crippen molar-refractivity contribution < 1.29 is 0 Å². The fourth-order valence-electron chi connectivity index (χ4n) is 3.04. The Morgan fingerprint density at radius 3 is 1.64 bits per heavy atom. The zero-order valence-electron chi connectivity index (χ0n) is 14.3. The maximum Gasteiger partial charge on any atom is 0.0669 e. The van der Waals surface area contributed by atoms with Gasteiger partial charge in [0.15, 0.2) is 0 Å². The van der Waals surface area contributed by atoms with Crippen molar-refractivity contribution in [1.29, 1.82) is 5.26 Å². The van der Waals surface area contributed by atoms with Crippen LogP contribution in [-0.2, 0) is 26.1 Å². The Labute approximate surface area is 150 Å².